The molecular weight excluding hydrogens is 793 g/mol. The standard InChI is InChI=1S/C66H30/c1-4-10-31(11-5-1)46-28-34-16-19-37-41-23-26-44-48(33-14-8-3-9-15-33)30-36-18-21-39-42-24-27-45-47(32-12-6-2-7-13-32)29-35-17-20-38-40-22-25-43(46)52-49(34)55(37)61-64(58(40)52)62-56(38)50(35)53(45)60(42)66(62)63-57(39)51(36)54(44)59(41)65(61)63/h1-30H. The molecule has 0 aliphatic carbocycles. The average Bonchev–Trinajstić information content (AvgIpc) is 3.38. The summed E-state index contributed by atoms with van der Waals surface area (Å²) in [4.78, 5) is 0. The molecule has 0 aliphatic heterocycles. The van der Waals surface area contributed by atoms with Gasteiger partial charge in [0.05, 0.1) is 0 Å². The Bertz CT molecular complexity index is 4660. The lowest BCUT2D eigenvalue weighted by atomic mass is 9.70. The summed E-state index contributed by atoms with van der Waals surface area (Å²) in [6.07, 6.45) is 0. The molecule has 294 valence electrons. The van der Waals surface area contributed by atoms with Crippen molar-refractivity contribution < 1.29 is 0 Å². The molecule has 0 aromatic heterocycles. The van der Waals surface area contributed by atoms with Gasteiger partial charge in [-0.15, -0.1) is 0 Å². The summed E-state index contributed by atoms with van der Waals surface area (Å²) in [5.74, 6) is 0. The van der Waals surface area contributed by atoms with Gasteiger partial charge in [-0.3, -0.25) is 0 Å². The van der Waals surface area contributed by atoms with Crippen molar-refractivity contribution in [3.8, 4) is 33.4 Å². The van der Waals surface area contributed by atoms with E-state index >= 15 is 0 Å². The van der Waals surface area contributed by atoms with E-state index in [1.165, 1.54) is 195 Å². The Morgan fingerprint density at radius 1 is 0.152 bits per heavy atom. The highest BCUT2D eigenvalue weighted by Gasteiger charge is 2.34. The second-order valence-corrected chi connectivity index (χ2v) is 19.6. The molecule has 19 aromatic carbocycles. The molecule has 0 saturated carbocycles. The Labute approximate surface area is 375 Å². The molecule has 0 saturated heterocycles. The Morgan fingerprint density at radius 2 is 0.364 bits per heavy atom. The van der Waals surface area contributed by atoms with Crippen LogP contribution >= 0.6 is 0 Å². The largest absolute Gasteiger partial charge is 0.0622 e. The topological polar surface area (TPSA) is 0 Å². The zero-order chi connectivity index (χ0) is 42.0. The molecule has 0 aliphatic rings. The zero-order valence-electron chi connectivity index (χ0n) is 35.3. The molecule has 19 aromatic rings. The van der Waals surface area contributed by atoms with Crippen molar-refractivity contribution in [3.63, 3.8) is 0 Å². The molecule has 0 bridgehead atoms. The molecule has 19 rings (SSSR count). The minimum Gasteiger partial charge on any atom is -0.0622 e. The summed E-state index contributed by atoms with van der Waals surface area (Å²) in [6.45, 7) is 0. The van der Waals surface area contributed by atoms with E-state index in [-0.39, 0.29) is 0 Å². The summed E-state index contributed by atoms with van der Waals surface area (Å²) in [6, 6.07) is 70.3. The van der Waals surface area contributed by atoms with Crippen LogP contribution in [0, 0.1) is 0 Å². The van der Waals surface area contributed by atoms with E-state index in [9.17, 15) is 0 Å². The van der Waals surface area contributed by atoms with Crippen molar-refractivity contribution in [2.24, 2.45) is 0 Å². The number of rotatable bonds is 3. The Kier molecular flexibility index (Phi) is 5.04. The summed E-state index contributed by atoms with van der Waals surface area (Å²) < 4.78 is 0. The molecule has 0 nitrogen and oxygen atoms in total. The van der Waals surface area contributed by atoms with E-state index in [0.29, 0.717) is 0 Å². The zero-order valence-corrected chi connectivity index (χ0v) is 35.3. The van der Waals surface area contributed by atoms with Gasteiger partial charge in [0.15, 0.2) is 0 Å². The van der Waals surface area contributed by atoms with Crippen LogP contribution in [0.1, 0.15) is 0 Å². The fraction of sp³-hybridized carbons (Fsp3) is 0. The second kappa shape index (κ2) is 10.3. The van der Waals surface area contributed by atoms with Crippen LogP contribution in [-0.2, 0) is 0 Å². The maximum atomic E-state index is 2.49. The third kappa shape index (κ3) is 3.23. The van der Waals surface area contributed by atoms with Gasteiger partial charge < -0.3 is 0 Å². The summed E-state index contributed by atoms with van der Waals surface area (Å²) in [7, 11) is 0. The smallest absolute Gasteiger partial charge is 0.0000242 e. The van der Waals surface area contributed by atoms with Crippen LogP contribution in [0.4, 0.5) is 0 Å². The first kappa shape index (κ1) is 32.1. The highest BCUT2D eigenvalue weighted by atomic mass is 14.4. The lowest BCUT2D eigenvalue weighted by Crippen LogP contribution is -2.02. The van der Waals surface area contributed by atoms with Crippen LogP contribution in [0.3, 0.4) is 0 Å². The van der Waals surface area contributed by atoms with Gasteiger partial charge in [0.1, 0.15) is 0 Å². The molecule has 66 heavy (non-hydrogen) atoms. The number of hydrogen-bond acceptors (Lipinski definition) is 0. The summed E-state index contributed by atoms with van der Waals surface area (Å²) in [5, 5.41) is 42.0. The highest BCUT2D eigenvalue weighted by molar-refractivity contribution is 6.64. The monoisotopic (exact) mass is 822 g/mol. The number of benzene rings is 19. The van der Waals surface area contributed by atoms with Gasteiger partial charge in [0.2, 0.25) is 0 Å². The van der Waals surface area contributed by atoms with Gasteiger partial charge in [-0.25, -0.2) is 0 Å². The fourth-order valence-electron chi connectivity index (χ4n) is 14.7. The SMILES string of the molecule is c1ccc(-c2cc3ccc4c5ccc6c(-c7ccccc7)cc7ccc8c9ccc%10c(-c%11ccccc%11)cc%11ccc%12c%13ccc2c2c3c4c3c(c%132)c2c%12c%11c%10c9c2c2c8c7c6c5c32)cc1. The van der Waals surface area contributed by atoms with E-state index < -0.39 is 0 Å². The molecule has 0 atom stereocenters. The quantitative estimate of drug-likeness (QED) is 0.123. The van der Waals surface area contributed by atoms with Crippen molar-refractivity contribution >= 4 is 162 Å². The van der Waals surface area contributed by atoms with Crippen LogP contribution in [0.2, 0.25) is 0 Å². The van der Waals surface area contributed by atoms with E-state index in [4.69, 9.17) is 0 Å². The molecule has 0 unspecified atom stereocenters. The van der Waals surface area contributed by atoms with E-state index in [2.05, 4.69) is 182 Å². The van der Waals surface area contributed by atoms with Gasteiger partial charge >= 0.3 is 0 Å². The second-order valence-electron chi connectivity index (χ2n) is 19.6. The van der Waals surface area contributed by atoms with Crippen molar-refractivity contribution in [2.45, 2.75) is 0 Å². The van der Waals surface area contributed by atoms with Gasteiger partial charge in [-0.2, -0.15) is 0 Å². The fourth-order valence-corrected chi connectivity index (χ4v) is 14.7. The van der Waals surface area contributed by atoms with Crippen molar-refractivity contribution in [1.82, 2.24) is 0 Å². The lowest BCUT2D eigenvalue weighted by molar-refractivity contribution is 1.67. The minimum atomic E-state index is 1.27. The molecule has 0 spiro atoms. The Balaban J connectivity index is 1.20. The maximum absolute atomic E-state index is 2.49. The van der Waals surface area contributed by atoms with E-state index in [0.717, 1.165) is 0 Å². The summed E-state index contributed by atoms with van der Waals surface area (Å²) >= 11 is 0. The number of hydrogen-bond donors (Lipinski definition) is 0. The molecule has 0 fully saturated rings. The van der Waals surface area contributed by atoms with Crippen molar-refractivity contribution in [2.75, 3.05) is 0 Å². The number of fused-ring (bicyclic) bond motifs is 3. The van der Waals surface area contributed by atoms with Crippen molar-refractivity contribution in [3.05, 3.63) is 182 Å². The average molecular weight is 823 g/mol. The Hall–Kier alpha value is -8.58. The van der Waals surface area contributed by atoms with Crippen LogP contribution in [0.25, 0.3) is 195 Å². The van der Waals surface area contributed by atoms with Gasteiger partial charge in [0, 0.05) is 0 Å². The highest BCUT2D eigenvalue weighted by Crippen LogP contribution is 2.63. The van der Waals surface area contributed by atoms with Crippen LogP contribution < -0.4 is 0 Å². The third-order valence-corrected chi connectivity index (χ3v) is 17.0. The first-order chi connectivity index (χ1) is 32.8. The molecule has 0 N–H and O–H groups in total. The maximum Gasteiger partial charge on any atom is -0.0000242 e. The molecule has 0 heteroatoms. The van der Waals surface area contributed by atoms with Crippen LogP contribution in [-0.4, -0.2) is 0 Å². The van der Waals surface area contributed by atoms with Gasteiger partial charge in [-0.05, 0) is 213 Å². The summed E-state index contributed by atoms with van der Waals surface area (Å²) in [5.41, 5.74) is 7.71. The molecule has 0 heterocycles. The Morgan fingerprint density at radius 3 is 0.636 bits per heavy atom. The molecule has 0 radical (unpaired) electrons. The van der Waals surface area contributed by atoms with Crippen LogP contribution in [0.5, 0.6) is 0 Å². The lowest BCUT2D eigenvalue weighted by Gasteiger charge is -2.31. The third-order valence-electron chi connectivity index (χ3n) is 17.0. The van der Waals surface area contributed by atoms with Gasteiger partial charge in [-0.1, -0.05) is 164 Å². The normalized spacial score (nSPS) is 13.5. The van der Waals surface area contributed by atoms with E-state index in [1.807, 2.05) is 0 Å². The van der Waals surface area contributed by atoms with E-state index in [1.54, 1.807) is 0 Å². The molecular formula is C66H30. The van der Waals surface area contributed by atoms with Gasteiger partial charge in [0.25, 0.3) is 0 Å². The predicted octanol–water partition coefficient (Wildman–Crippen LogP) is 18.9. The first-order valence-corrected chi connectivity index (χ1v) is 23.4. The minimum absolute atomic E-state index is 1.27. The first-order valence-electron chi connectivity index (χ1n) is 23.4. The molecule has 0 amide bonds. The van der Waals surface area contributed by atoms with Crippen LogP contribution in [0.15, 0.2) is 182 Å². The predicted molar refractivity (Wildman–Crippen MR) is 286 cm³/mol. The van der Waals surface area contributed by atoms with Crippen molar-refractivity contribution in [1.29, 1.82) is 0 Å².